The van der Waals surface area contributed by atoms with Crippen molar-refractivity contribution in [2.24, 2.45) is 0 Å². The molecule has 0 aliphatic rings. The molecule has 1 aromatic carbocycles. The highest BCUT2D eigenvalue weighted by Crippen LogP contribution is 2.30. The number of nitrogens with one attached hydrogen (secondary N) is 1. The van der Waals surface area contributed by atoms with Crippen molar-refractivity contribution in [2.75, 3.05) is 18.5 Å². The number of thiophene rings is 1. The second-order valence-corrected chi connectivity index (χ2v) is 8.35. The summed E-state index contributed by atoms with van der Waals surface area (Å²) >= 11 is 1.62. The van der Waals surface area contributed by atoms with Crippen LogP contribution in [0.1, 0.15) is 42.0 Å². The van der Waals surface area contributed by atoms with Gasteiger partial charge in [-0.2, -0.15) is 0 Å². The highest BCUT2D eigenvalue weighted by Gasteiger charge is 2.14. The second-order valence-electron chi connectivity index (χ2n) is 7.23. The van der Waals surface area contributed by atoms with Crippen molar-refractivity contribution in [1.82, 2.24) is 9.97 Å². The molecule has 6 nitrogen and oxygen atoms in total. The molecule has 168 valence electrons. The SMILES string of the molecule is CCOC(=O)Cc1ccc(Nc2nc(-c3ccc(/C=C/CCO)s3)nc(C)c2CC)cc1. The highest BCUT2D eigenvalue weighted by molar-refractivity contribution is 7.16. The van der Waals surface area contributed by atoms with Crippen LogP contribution in [0.5, 0.6) is 0 Å². The van der Waals surface area contributed by atoms with Gasteiger partial charge in [-0.3, -0.25) is 4.79 Å². The lowest BCUT2D eigenvalue weighted by atomic mass is 10.1. The molecule has 0 unspecified atom stereocenters. The first-order valence-corrected chi connectivity index (χ1v) is 11.6. The van der Waals surface area contributed by atoms with Crippen molar-refractivity contribution in [1.29, 1.82) is 0 Å². The minimum atomic E-state index is -0.223. The lowest BCUT2D eigenvalue weighted by molar-refractivity contribution is -0.142. The van der Waals surface area contributed by atoms with Gasteiger partial charge in [0.2, 0.25) is 0 Å². The van der Waals surface area contributed by atoms with Gasteiger partial charge in [0.15, 0.2) is 5.82 Å². The third kappa shape index (κ3) is 6.24. The van der Waals surface area contributed by atoms with E-state index in [1.807, 2.05) is 55.5 Å². The number of aryl methyl sites for hydroxylation is 1. The van der Waals surface area contributed by atoms with Crippen molar-refractivity contribution in [3.8, 4) is 10.7 Å². The van der Waals surface area contributed by atoms with Crippen LogP contribution < -0.4 is 5.32 Å². The minimum Gasteiger partial charge on any atom is -0.466 e. The van der Waals surface area contributed by atoms with E-state index in [1.165, 1.54) is 0 Å². The molecule has 7 heteroatoms. The molecule has 0 saturated heterocycles. The summed E-state index contributed by atoms with van der Waals surface area (Å²) in [6, 6.07) is 11.8. The van der Waals surface area contributed by atoms with Crippen molar-refractivity contribution >= 4 is 34.9 Å². The molecule has 0 spiro atoms. The average Bonchev–Trinajstić information content (AvgIpc) is 3.24. The van der Waals surface area contributed by atoms with Gasteiger partial charge in [-0.25, -0.2) is 9.97 Å². The number of hydrogen-bond donors (Lipinski definition) is 2. The summed E-state index contributed by atoms with van der Waals surface area (Å²) in [7, 11) is 0. The van der Waals surface area contributed by atoms with Gasteiger partial charge in [0, 0.05) is 28.4 Å². The van der Waals surface area contributed by atoms with Gasteiger partial charge < -0.3 is 15.2 Å². The van der Waals surface area contributed by atoms with Gasteiger partial charge >= 0.3 is 5.97 Å². The van der Waals surface area contributed by atoms with Crippen LogP contribution in [0.25, 0.3) is 16.8 Å². The Morgan fingerprint density at radius 1 is 1.16 bits per heavy atom. The van der Waals surface area contributed by atoms with E-state index in [0.717, 1.165) is 44.5 Å². The lowest BCUT2D eigenvalue weighted by Crippen LogP contribution is -2.07. The van der Waals surface area contributed by atoms with Gasteiger partial charge in [-0.15, -0.1) is 11.3 Å². The molecule has 2 aromatic heterocycles. The maximum atomic E-state index is 11.7. The summed E-state index contributed by atoms with van der Waals surface area (Å²) in [4.78, 5) is 23.3. The molecule has 0 aliphatic carbocycles. The third-order valence-electron chi connectivity index (χ3n) is 4.86. The Hall–Kier alpha value is -3.03. The standard InChI is InChI=1S/C25H29N3O3S/c1-4-21-17(3)26-25(22-14-13-20(32-22)8-6-7-15-29)28-24(21)27-19-11-9-18(10-12-19)16-23(30)31-5-2/h6,8-14,29H,4-5,7,15-16H2,1-3H3,(H,26,27,28)/b8-6+. The van der Waals surface area contributed by atoms with E-state index < -0.39 is 0 Å². The van der Waals surface area contributed by atoms with E-state index in [4.69, 9.17) is 19.8 Å². The van der Waals surface area contributed by atoms with Gasteiger partial charge in [0.25, 0.3) is 0 Å². The summed E-state index contributed by atoms with van der Waals surface area (Å²) in [5.41, 5.74) is 3.83. The number of hydrogen-bond acceptors (Lipinski definition) is 7. The number of aromatic nitrogens is 2. The molecule has 2 heterocycles. The van der Waals surface area contributed by atoms with E-state index in [2.05, 4.69) is 12.2 Å². The van der Waals surface area contributed by atoms with Crippen LogP contribution in [0, 0.1) is 6.92 Å². The lowest BCUT2D eigenvalue weighted by Gasteiger charge is -2.14. The predicted octanol–water partition coefficient (Wildman–Crippen LogP) is 5.32. The molecule has 0 fully saturated rings. The second kappa shape index (κ2) is 11.5. The van der Waals surface area contributed by atoms with E-state index in [9.17, 15) is 4.79 Å². The molecule has 0 atom stereocenters. The monoisotopic (exact) mass is 451 g/mol. The van der Waals surface area contributed by atoms with E-state index in [1.54, 1.807) is 18.3 Å². The Morgan fingerprint density at radius 2 is 1.94 bits per heavy atom. The number of carbonyl (C=O) groups excluding carboxylic acids is 1. The van der Waals surface area contributed by atoms with Crippen LogP contribution in [0.15, 0.2) is 42.5 Å². The quantitative estimate of drug-likeness (QED) is 0.406. The van der Waals surface area contributed by atoms with E-state index in [-0.39, 0.29) is 19.0 Å². The molecule has 2 N–H and O–H groups in total. The Balaban J connectivity index is 1.82. The fourth-order valence-electron chi connectivity index (χ4n) is 3.29. The Labute approximate surface area is 193 Å². The zero-order valence-corrected chi connectivity index (χ0v) is 19.5. The number of anilines is 2. The fraction of sp³-hybridized carbons (Fsp3) is 0.320. The molecule has 0 saturated carbocycles. The van der Waals surface area contributed by atoms with Crippen LogP contribution in [-0.2, 0) is 22.4 Å². The normalized spacial score (nSPS) is 11.1. The minimum absolute atomic E-state index is 0.147. The molecular formula is C25H29N3O3S. The third-order valence-corrected chi connectivity index (χ3v) is 5.91. The molecule has 3 aromatic rings. The van der Waals surface area contributed by atoms with Crippen molar-refractivity contribution < 1.29 is 14.6 Å². The first kappa shape index (κ1) is 23.6. The molecule has 0 aliphatic heterocycles. The van der Waals surface area contributed by atoms with Crippen molar-refractivity contribution in [3.63, 3.8) is 0 Å². The Kier molecular flexibility index (Phi) is 8.53. The van der Waals surface area contributed by atoms with Gasteiger partial charge in [-0.1, -0.05) is 25.1 Å². The van der Waals surface area contributed by atoms with Crippen molar-refractivity contribution in [2.45, 2.75) is 40.0 Å². The molecule has 0 radical (unpaired) electrons. The zero-order chi connectivity index (χ0) is 22.9. The Bertz CT molecular complexity index is 1070. The first-order valence-electron chi connectivity index (χ1n) is 10.8. The number of aliphatic hydroxyl groups excluding tert-OH is 1. The largest absolute Gasteiger partial charge is 0.466 e. The number of carbonyl (C=O) groups is 1. The number of rotatable bonds is 10. The van der Waals surface area contributed by atoms with Crippen LogP contribution in [0.3, 0.4) is 0 Å². The molecule has 3 rings (SSSR count). The maximum Gasteiger partial charge on any atom is 0.310 e. The summed E-state index contributed by atoms with van der Waals surface area (Å²) in [5.74, 6) is 1.26. The fourth-order valence-corrected chi connectivity index (χ4v) is 4.16. The first-order chi connectivity index (χ1) is 15.5. The number of aliphatic hydroxyl groups is 1. The maximum absolute atomic E-state index is 11.7. The number of benzene rings is 1. The summed E-state index contributed by atoms with van der Waals surface area (Å²) in [6.07, 6.45) is 5.68. The van der Waals surface area contributed by atoms with E-state index in [0.29, 0.717) is 18.9 Å². The molecule has 0 amide bonds. The highest BCUT2D eigenvalue weighted by atomic mass is 32.1. The predicted molar refractivity (Wildman–Crippen MR) is 130 cm³/mol. The van der Waals surface area contributed by atoms with Crippen LogP contribution >= 0.6 is 11.3 Å². The summed E-state index contributed by atoms with van der Waals surface area (Å²) in [6.45, 7) is 6.44. The average molecular weight is 452 g/mol. The zero-order valence-electron chi connectivity index (χ0n) is 18.7. The number of ether oxygens (including phenoxy) is 1. The Morgan fingerprint density at radius 3 is 2.62 bits per heavy atom. The number of nitrogens with zero attached hydrogens (tertiary/aromatic N) is 2. The topological polar surface area (TPSA) is 84.3 Å². The summed E-state index contributed by atoms with van der Waals surface area (Å²) < 4.78 is 5.01. The van der Waals surface area contributed by atoms with Gasteiger partial charge in [0.05, 0.1) is 17.9 Å². The van der Waals surface area contributed by atoms with E-state index >= 15 is 0 Å². The molecule has 32 heavy (non-hydrogen) atoms. The van der Waals surface area contributed by atoms with Gasteiger partial charge in [-0.05, 0) is 62.6 Å². The van der Waals surface area contributed by atoms with Crippen molar-refractivity contribution in [3.05, 3.63) is 64.2 Å². The molecular weight excluding hydrogens is 422 g/mol. The molecule has 0 bridgehead atoms. The van der Waals surface area contributed by atoms with Crippen LogP contribution in [-0.4, -0.2) is 34.3 Å². The smallest absolute Gasteiger partial charge is 0.310 e. The summed E-state index contributed by atoms with van der Waals surface area (Å²) in [5, 5.41) is 12.4. The number of esters is 1. The van der Waals surface area contributed by atoms with Crippen LogP contribution in [0.2, 0.25) is 0 Å². The van der Waals surface area contributed by atoms with Gasteiger partial charge in [0.1, 0.15) is 5.82 Å². The van der Waals surface area contributed by atoms with Crippen LogP contribution in [0.4, 0.5) is 11.5 Å².